The van der Waals surface area contributed by atoms with Gasteiger partial charge in [-0.1, -0.05) is 41.5 Å². The summed E-state index contributed by atoms with van der Waals surface area (Å²) in [5.41, 5.74) is 0.484. The van der Waals surface area contributed by atoms with Crippen LogP contribution in [0.5, 0.6) is 0 Å². The molecule has 3 aliphatic rings. The molecule has 4 atom stereocenters. The van der Waals surface area contributed by atoms with Gasteiger partial charge in [-0.2, -0.15) is 0 Å². The first-order valence-electron chi connectivity index (χ1n) is 7.93. The zero-order valence-corrected chi connectivity index (χ0v) is 13.0. The second-order valence-electron chi connectivity index (χ2n) is 7.87. The van der Waals surface area contributed by atoms with E-state index in [0.29, 0.717) is 5.66 Å². The fourth-order valence-corrected chi connectivity index (χ4v) is 4.90. The van der Waals surface area contributed by atoms with E-state index in [0.717, 1.165) is 35.8 Å². The summed E-state index contributed by atoms with van der Waals surface area (Å²) in [6.45, 7) is 17.1. The predicted octanol–water partition coefficient (Wildman–Crippen LogP) is 3.04. The van der Waals surface area contributed by atoms with Gasteiger partial charge in [0.15, 0.2) is 0 Å². The Balaban J connectivity index is 1.87. The third kappa shape index (κ3) is 1.37. The molecule has 0 saturated carbocycles. The van der Waals surface area contributed by atoms with Gasteiger partial charge in [0.2, 0.25) is 0 Å². The monoisotopic (exact) mass is 250 g/mol. The van der Waals surface area contributed by atoms with Crippen molar-refractivity contribution in [2.45, 2.75) is 65.7 Å². The molecule has 0 bridgehead atoms. The molecular formula is C16H30N2. The lowest BCUT2D eigenvalue weighted by molar-refractivity contribution is -0.248. The summed E-state index contributed by atoms with van der Waals surface area (Å²) in [6, 6.07) is 1.64. The lowest BCUT2D eigenvalue weighted by Crippen LogP contribution is -2.81. The minimum absolute atomic E-state index is 0.484. The Morgan fingerprint density at radius 3 is 1.94 bits per heavy atom. The molecule has 2 heteroatoms. The van der Waals surface area contributed by atoms with Crippen molar-refractivity contribution in [3.05, 3.63) is 0 Å². The summed E-state index contributed by atoms with van der Waals surface area (Å²) in [7, 11) is 0. The SMILES string of the molecule is CC(C)C1CN2CC(C(C)C)C23CC(C(C)C)N13. The van der Waals surface area contributed by atoms with Gasteiger partial charge in [-0.05, 0) is 24.2 Å². The van der Waals surface area contributed by atoms with Crippen LogP contribution in [0.3, 0.4) is 0 Å². The molecule has 0 aromatic heterocycles. The topological polar surface area (TPSA) is 6.48 Å². The van der Waals surface area contributed by atoms with E-state index in [2.05, 4.69) is 51.3 Å². The Bertz CT molecular complexity index is 336. The highest BCUT2D eigenvalue weighted by Gasteiger charge is 2.71. The lowest BCUT2D eigenvalue weighted by atomic mass is 9.64. The van der Waals surface area contributed by atoms with E-state index in [1.807, 2.05) is 0 Å². The average Bonchev–Trinajstić information content (AvgIpc) is 2.34. The third-order valence-electron chi connectivity index (χ3n) is 5.98. The first-order valence-corrected chi connectivity index (χ1v) is 7.93. The molecule has 1 spiro atoms. The molecule has 0 amide bonds. The summed E-state index contributed by atoms with van der Waals surface area (Å²) >= 11 is 0. The van der Waals surface area contributed by atoms with Crippen molar-refractivity contribution >= 4 is 0 Å². The van der Waals surface area contributed by atoms with Crippen molar-refractivity contribution in [2.24, 2.45) is 23.7 Å². The molecule has 3 aliphatic heterocycles. The summed E-state index contributed by atoms with van der Waals surface area (Å²) in [6.07, 6.45) is 1.43. The van der Waals surface area contributed by atoms with Gasteiger partial charge in [0.05, 0.1) is 5.66 Å². The second-order valence-corrected chi connectivity index (χ2v) is 7.87. The molecular weight excluding hydrogens is 220 g/mol. The highest BCUT2D eigenvalue weighted by Crippen LogP contribution is 2.60. The van der Waals surface area contributed by atoms with E-state index in [4.69, 9.17) is 0 Å². The Kier molecular flexibility index (Phi) is 2.84. The minimum atomic E-state index is 0.484. The average molecular weight is 250 g/mol. The van der Waals surface area contributed by atoms with E-state index in [-0.39, 0.29) is 0 Å². The molecule has 0 N–H and O–H groups in total. The highest BCUT2D eigenvalue weighted by molar-refractivity contribution is 5.22. The van der Waals surface area contributed by atoms with Gasteiger partial charge in [-0.3, -0.25) is 9.80 Å². The van der Waals surface area contributed by atoms with Gasteiger partial charge >= 0.3 is 0 Å². The fraction of sp³-hybridized carbons (Fsp3) is 1.00. The van der Waals surface area contributed by atoms with E-state index >= 15 is 0 Å². The lowest BCUT2D eigenvalue weighted by Gasteiger charge is -2.70. The van der Waals surface area contributed by atoms with Crippen molar-refractivity contribution in [1.29, 1.82) is 0 Å². The maximum Gasteiger partial charge on any atom is 0.0802 e. The van der Waals surface area contributed by atoms with Crippen molar-refractivity contribution in [3.63, 3.8) is 0 Å². The van der Waals surface area contributed by atoms with Crippen molar-refractivity contribution in [2.75, 3.05) is 13.1 Å². The Labute approximate surface area is 113 Å². The summed E-state index contributed by atoms with van der Waals surface area (Å²) < 4.78 is 0. The van der Waals surface area contributed by atoms with Crippen LogP contribution in [-0.4, -0.2) is 40.6 Å². The van der Waals surface area contributed by atoms with Crippen LogP contribution in [0.4, 0.5) is 0 Å². The Morgan fingerprint density at radius 2 is 1.44 bits per heavy atom. The van der Waals surface area contributed by atoms with Crippen LogP contribution >= 0.6 is 0 Å². The molecule has 104 valence electrons. The van der Waals surface area contributed by atoms with Crippen molar-refractivity contribution in [3.8, 4) is 0 Å². The van der Waals surface area contributed by atoms with Gasteiger partial charge < -0.3 is 0 Å². The summed E-state index contributed by atoms with van der Waals surface area (Å²) in [5.74, 6) is 3.35. The van der Waals surface area contributed by atoms with Crippen LogP contribution in [-0.2, 0) is 0 Å². The Morgan fingerprint density at radius 1 is 0.833 bits per heavy atom. The van der Waals surface area contributed by atoms with Crippen LogP contribution in [0.1, 0.15) is 48.0 Å². The number of hydrogen-bond acceptors (Lipinski definition) is 2. The van der Waals surface area contributed by atoms with Crippen LogP contribution in [0.2, 0.25) is 0 Å². The van der Waals surface area contributed by atoms with Gasteiger partial charge in [0.25, 0.3) is 0 Å². The van der Waals surface area contributed by atoms with E-state index < -0.39 is 0 Å². The Hall–Kier alpha value is -0.0800. The smallest absolute Gasteiger partial charge is 0.0802 e. The number of nitrogens with zero attached hydrogens (tertiary/aromatic N) is 2. The predicted molar refractivity (Wildman–Crippen MR) is 76.3 cm³/mol. The van der Waals surface area contributed by atoms with Gasteiger partial charge in [-0.25, -0.2) is 0 Å². The first-order chi connectivity index (χ1) is 8.39. The zero-order chi connectivity index (χ0) is 13.2. The van der Waals surface area contributed by atoms with Gasteiger partial charge in [0, 0.05) is 31.1 Å². The first kappa shape index (κ1) is 12.9. The van der Waals surface area contributed by atoms with Crippen LogP contribution < -0.4 is 0 Å². The normalized spacial score (nSPS) is 44.2. The quantitative estimate of drug-likeness (QED) is 0.759. The van der Waals surface area contributed by atoms with Gasteiger partial charge in [0.1, 0.15) is 0 Å². The molecule has 3 heterocycles. The molecule has 0 aliphatic carbocycles. The summed E-state index contributed by atoms with van der Waals surface area (Å²) in [5, 5.41) is 0. The molecule has 3 rings (SSSR count). The van der Waals surface area contributed by atoms with E-state index in [1.165, 1.54) is 19.5 Å². The number of rotatable bonds is 3. The zero-order valence-electron chi connectivity index (χ0n) is 13.0. The largest absolute Gasteiger partial charge is 0.283 e. The second kappa shape index (κ2) is 3.96. The standard InChI is InChI=1S/C16H30N2/c1-10(2)13-8-17-9-15(12(5)6)18-14(11(3)4)7-16(13,17)18/h10-15H,7-9H2,1-6H3. The molecule has 18 heavy (non-hydrogen) atoms. The van der Waals surface area contributed by atoms with Crippen molar-refractivity contribution in [1.82, 2.24) is 9.80 Å². The maximum atomic E-state index is 2.93. The molecule has 3 fully saturated rings. The van der Waals surface area contributed by atoms with Crippen LogP contribution in [0, 0.1) is 23.7 Å². The van der Waals surface area contributed by atoms with E-state index in [9.17, 15) is 0 Å². The number of hydrogen-bond donors (Lipinski definition) is 0. The fourth-order valence-electron chi connectivity index (χ4n) is 4.90. The molecule has 3 saturated heterocycles. The maximum absolute atomic E-state index is 2.93. The van der Waals surface area contributed by atoms with Crippen molar-refractivity contribution < 1.29 is 0 Å². The molecule has 0 aromatic carbocycles. The van der Waals surface area contributed by atoms with Gasteiger partial charge in [-0.15, -0.1) is 0 Å². The molecule has 0 aromatic rings. The highest BCUT2D eigenvalue weighted by atomic mass is 15.6. The van der Waals surface area contributed by atoms with E-state index in [1.54, 1.807) is 0 Å². The summed E-state index contributed by atoms with van der Waals surface area (Å²) in [4.78, 5) is 5.72. The molecule has 2 nitrogen and oxygen atoms in total. The minimum Gasteiger partial charge on any atom is -0.283 e. The van der Waals surface area contributed by atoms with Crippen LogP contribution in [0.25, 0.3) is 0 Å². The molecule has 0 radical (unpaired) electrons. The third-order valence-corrected chi connectivity index (χ3v) is 5.98. The molecule has 4 unspecified atom stereocenters. The van der Waals surface area contributed by atoms with Crippen LogP contribution in [0.15, 0.2) is 0 Å².